The van der Waals surface area contributed by atoms with Crippen LogP contribution < -0.4 is 25.9 Å². The summed E-state index contributed by atoms with van der Waals surface area (Å²) in [5.41, 5.74) is 6.16. The number of anilines is 2. The van der Waals surface area contributed by atoms with E-state index in [1.165, 1.54) is 11.3 Å². The number of hydrogen-bond donors (Lipinski definition) is 3. The maximum Gasteiger partial charge on any atom is 0.321 e. The molecule has 2 amide bonds. The topological polar surface area (TPSA) is 93.6 Å². The second-order valence-corrected chi connectivity index (χ2v) is 8.77. The molecule has 1 unspecified atom stereocenters. The third kappa shape index (κ3) is 4.18. The maximum atomic E-state index is 13.0. The van der Waals surface area contributed by atoms with Crippen LogP contribution in [0.5, 0.6) is 5.75 Å². The number of thiophene rings is 1. The number of hydrogen-bond acceptors (Lipinski definition) is 8. The number of aliphatic imine (C=N–C) groups is 1. The highest BCUT2D eigenvalue weighted by Gasteiger charge is 2.36. The van der Waals surface area contributed by atoms with E-state index in [-0.39, 0.29) is 0 Å². The Morgan fingerprint density at radius 3 is 2.76 bits per heavy atom. The van der Waals surface area contributed by atoms with Crippen LogP contribution in [0.25, 0.3) is 0 Å². The van der Waals surface area contributed by atoms with Crippen LogP contribution in [0.4, 0.5) is 15.5 Å². The number of amides is 2. The van der Waals surface area contributed by atoms with E-state index in [0.717, 1.165) is 16.1 Å². The summed E-state index contributed by atoms with van der Waals surface area (Å²) in [7, 11) is 1.56. The molecule has 0 fully saturated rings. The van der Waals surface area contributed by atoms with Crippen molar-refractivity contribution in [2.45, 2.75) is 13.1 Å². The van der Waals surface area contributed by atoms with Gasteiger partial charge in [0.1, 0.15) is 16.5 Å². The Morgan fingerprint density at radius 2 is 2.00 bits per heavy atom. The number of urea groups is 1. The van der Waals surface area contributed by atoms with E-state index in [1.807, 2.05) is 59.8 Å². The Balaban J connectivity index is 1.53. The zero-order valence-corrected chi connectivity index (χ0v) is 20.0. The lowest BCUT2D eigenvalue weighted by molar-refractivity contribution is 0.236. The predicted octanol–water partition coefficient (Wildman–Crippen LogP) is 4.61. The van der Waals surface area contributed by atoms with Gasteiger partial charge in [-0.1, -0.05) is 35.9 Å². The maximum absolute atomic E-state index is 13.0. The first kappa shape index (κ1) is 22.2. The SMILES string of the molecule is CCN1N=C2C(c3ccc(Cl)cc3)=NC(NC(=O)Nc3ccccc3OC)c3ccsc3N2N1. The number of carbonyl (C=O) groups excluding carboxylic acids is 1. The Hall–Kier alpha value is -3.60. The van der Waals surface area contributed by atoms with Gasteiger partial charge in [-0.15, -0.1) is 22.0 Å². The highest BCUT2D eigenvalue weighted by molar-refractivity contribution is 7.14. The number of hydrazine groups is 2. The van der Waals surface area contributed by atoms with Gasteiger partial charge in [-0.3, -0.25) is 4.99 Å². The Morgan fingerprint density at radius 1 is 1.21 bits per heavy atom. The minimum Gasteiger partial charge on any atom is -0.495 e. The average Bonchev–Trinajstić information content (AvgIpc) is 3.48. The molecule has 3 heterocycles. The molecule has 2 aliphatic heterocycles. The first-order valence-corrected chi connectivity index (χ1v) is 11.9. The fraction of sp³-hybridized carbons (Fsp3) is 0.174. The van der Waals surface area contributed by atoms with Crippen molar-refractivity contribution >= 4 is 51.2 Å². The standard InChI is InChI=1S/C23H22ClN7O2S/c1-3-30-28-21-19(14-8-10-15(24)11-9-14)26-20(16-12-13-34-22(16)31(21)29-30)27-23(32)25-17-6-4-5-7-18(17)33-2/h4-13,20,29H,3H2,1-2H3,(H2,25,27,32). The lowest BCUT2D eigenvalue weighted by Gasteiger charge is -2.21. The summed E-state index contributed by atoms with van der Waals surface area (Å²) in [6.07, 6.45) is -0.646. The van der Waals surface area contributed by atoms with Gasteiger partial charge in [-0.25, -0.2) is 14.9 Å². The molecule has 0 radical (unpaired) electrons. The van der Waals surface area contributed by atoms with Gasteiger partial charge in [-0.2, -0.15) is 0 Å². The van der Waals surface area contributed by atoms with Crippen LogP contribution in [-0.2, 0) is 0 Å². The highest BCUT2D eigenvalue weighted by Crippen LogP contribution is 2.37. The Labute approximate surface area is 205 Å². The molecule has 2 aliphatic rings. The molecule has 0 aliphatic carbocycles. The number of nitrogens with one attached hydrogen (secondary N) is 3. The van der Waals surface area contributed by atoms with Gasteiger partial charge in [0.2, 0.25) is 0 Å². The number of benzene rings is 2. The van der Waals surface area contributed by atoms with E-state index in [9.17, 15) is 4.79 Å². The van der Waals surface area contributed by atoms with Crippen molar-refractivity contribution in [1.82, 2.24) is 16.0 Å². The normalized spacial score (nSPS) is 16.7. The van der Waals surface area contributed by atoms with Crippen molar-refractivity contribution in [3.05, 3.63) is 76.1 Å². The molecule has 1 atom stereocenters. The third-order valence-electron chi connectivity index (χ3n) is 5.32. The number of rotatable bonds is 5. The van der Waals surface area contributed by atoms with Gasteiger partial charge < -0.3 is 15.4 Å². The van der Waals surface area contributed by atoms with Gasteiger partial charge in [0.25, 0.3) is 0 Å². The fourth-order valence-electron chi connectivity index (χ4n) is 3.69. The summed E-state index contributed by atoms with van der Waals surface area (Å²) >= 11 is 7.66. The molecular formula is C23H22ClN7O2S. The van der Waals surface area contributed by atoms with Gasteiger partial charge >= 0.3 is 6.03 Å². The summed E-state index contributed by atoms with van der Waals surface area (Å²) in [5, 5.41) is 17.7. The van der Waals surface area contributed by atoms with Crippen LogP contribution in [0.3, 0.4) is 0 Å². The highest BCUT2D eigenvalue weighted by atomic mass is 35.5. The smallest absolute Gasteiger partial charge is 0.321 e. The molecular weight excluding hydrogens is 474 g/mol. The Bertz CT molecular complexity index is 1270. The molecule has 34 heavy (non-hydrogen) atoms. The number of halogens is 1. The number of carbonyl (C=O) groups is 1. The van der Waals surface area contributed by atoms with E-state index in [2.05, 4.69) is 16.2 Å². The van der Waals surface area contributed by atoms with Gasteiger partial charge in [0, 0.05) is 16.1 Å². The molecule has 0 bridgehead atoms. The summed E-state index contributed by atoms with van der Waals surface area (Å²) < 4.78 is 5.34. The average molecular weight is 496 g/mol. The number of fused-ring (bicyclic) bond motifs is 3. The van der Waals surface area contributed by atoms with E-state index >= 15 is 0 Å². The lowest BCUT2D eigenvalue weighted by Crippen LogP contribution is -2.44. The van der Waals surface area contributed by atoms with Gasteiger partial charge in [-0.05, 0) is 42.6 Å². The summed E-state index contributed by atoms with van der Waals surface area (Å²) in [4.78, 5) is 18.0. The predicted molar refractivity (Wildman–Crippen MR) is 136 cm³/mol. The molecule has 11 heteroatoms. The van der Waals surface area contributed by atoms with Crippen molar-refractivity contribution in [2.75, 3.05) is 24.0 Å². The van der Waals surface area contributed by atoms with Gasteiger partial charge in [0.15, 0.2) is 12.0 Å². The van der Waals surface area contributed by atoms with Crippen LogP contribution in [0.15, 0.2) is 70.1 Å². The van der Waals surface area contributed by atoms with Crippen molar-refractivity contribution in [3.63, 3.8) is 0 Å². The largest absolute Gasteiger partial charge is 0.495 e. The molecule has 174 valence electrons. The fourth-order valence-corrected chi connectivity index (χ4v) is 4.71. The molecule has 5 rings (SSSR count). The monoisotopic (exact) mass is 495 g/mol. The van der Waals surface area contributed by atoms with E-state index < -0.39 is 12.2 Å². The van der Waals surface area contributed by atoms with Crippen LogP contribution >= 0.6 is 22.9 Å². The number of amidine groups is 1. The summed E-state index contributed by atoms with van der Waals surface area (Å²) in [5.74, 6) is 1.21. The van der Waals surface area contributed by atoms with Crippen molar-refractivity contribution in [1.29, 1.82) is 0 Å². The van der Waals surface area contributed by atoms with Crippen LogP contribution in [0.2, 0.25) is 5.02 Å². The third-order valence-corrected chi connectivity index (χ3v) is 6.49. The number of para-hydroxylation sites is 2. The molecule has 0 saturated carbocycles. The minimum atomic E-state index is -0.646. The second-order valence-electron chi connectivity index (χ2n) is 7.44. The summed E-state index contributed by atoms with van der Waals surface area (Å²) in [6.45, 7) is 2.67. The molecule has 3 aromatic rings. The summed E-state index contributed by atoms with van der Waals surface area (Å²) in [6, 6.07) is 16.2. The zero-order chi connectivity index (χ0) is 23.7. The van der Waals surface area contributed by atoms with Crippen molar-refractivity contribution in [2.24, 2.45) is 10.1 Å². The van der Waals surface area contributed by atoms with Crippen molar-refractivity contribution < 1.29 is 9.53 Å². The van der Waals surface area contributed by atoms with Crippen LogP contribution in [0, 0.1) is 0 Å². The number of methoxy groups -OCH3 is 1. The number of nitrogens with zero attached hydrogens (tertiary/aromatic N) is 4. The zero-order valence-electron chi connectivity index (χ0n) is 18.4. The molecule has 9 nitrogen and oxygen atoms in total. The number of ether oxygens (including phenoxy) is 1. The van der Waals surface area contributed by atoms with E-state index in [0.29, 0.717) is 34.6 Å². The molecule has 1 aromatic heterocycles. The van der Waals surface area contributed by atoms with E-state index in [4.69, 9.17) is 26.4 Å². The van der Waals surface area contributed by atoms with Crippen molar-refractivity contribution in [3.8, 4) is 5.75 Å². The first-order valence-electron chi connectivity index (χ1n) is 10.6. The van der Waals surface area contributed by atoms with Gasteiger partial charge in [0.05, 0.1) is 19.3 Å². The number of hydrazone groups is 1. The van der Waals surface area contributed by atoms with Crippen LogP contribution in [-0.4, -0.2) is 36.4 Å². The first-order chi connectivity index (χ1) is 16.6. The molecule has 0 saturated heterocycles. The van der Waals surface area contributed by atoms with E-state index in [1.54, 1.807) is 24.4 Å². The minimum absolute atomic E-state index is 0.405. The molecule has 3 N–H and O–H groups in total. The second kappa shape index (κ2) is 9.34. The quantitative estimate of drug-likeness (QED) is 0.480. The lowest BCUT2D eigenvalue weighted by atomic mass is 10.1. The molecule has 0 spiro atoms. The Kier molecular flexibility index (Phi) is 6.10. The molecule has 2 aromatic carbocycles. The van der Waals surface area contributed by atoms with Crippen LogP contribution in [0.1, 0.15) is 24.2 Å².